The minimum Gasteiger partial charge on any atom is -0.357 e. The average Bonchev–Trinajstić information content (AvgIpc) is 2.41. The van der Waals surface area contributed by atoms with Crippen molar-refractivity contribution < 1.29 is 4.79 Å². The van der Waals surface area contributed by atoms with Gasteiger partial charge in [-0.05, 0) is 47.0 Å². The second-order valence-electron chi connectivity index (χ2n) is 6.53. The molecule has 0 spiro atoms. The van der Waals surface area contributed by atoms with Crippen LogP contribution in [0, 0.1) is 0 Å². The lowest BCUT2D eigenvalue weighted by molar-refractivity contribution is -0.121. The summed E-state index contributed by atoms with van der Waals surface area (Å²) in [4.78, 5) is 18.3. The number of rotatable bonds is 9. The first kappa shape index (κ1) is 20.5. The van der Waals surface area contributed by atoms with Crippen molar-refractivity contribution in [1.29, 1.82) is 0 Å². The van der Waals surface area contributed by atoms with Crippen molar-refractivity contribution >= 4 is 11.9 Å². The van der Waals surface area contributed by atoms with Gasteiger partial charge in [0, 0.05) is 25.7 Å². The molecule has 0 aromatic rings. The van der Waals surface area contributed by atoms with E-state index in [0.717, 1.165) is 31.9 Å². The fraction of sp³-hybridized carbons (Fsp3) is 0.765. The molecule has 22 heavy (non-hydrogen) atoms. The van der Waals surface area contributed by atoms with Crippen LogP contribution in [0.1, 0.15) is 53.4 Å². The zero-order valence-corrected chi connectivity index (χ0v) is 15.0. The molecule has 0 heterocycles. The lowest BCUT2D eigenvalue weighted by Crippen LogP contribution is -2.43. The maximum absolute atomic E-state index is 11.8. The van der Waals surface area contributed by atoms with Gasteiger partial charge < -0.3 is 15.5 Å². The van der Waals surface area contributed by atoms with Gasteiger partial charge in [-0.25, -0.2) is 4.99 Å². The van der Waals surface area contributed by atoms with Crippen LogP contribution in [0.4, 0.5) is 0 Å². The molecule has 1 amide bonds. The number of carbonyl (C=O) groups is 1. The van der Waals surface area contributed by atoms with Gasteiger partial charge in [0.1, 0.15) is 6.54 Å². The lowest BCUT2D eigenvalue weighted by Gasteiger charge is -2.23. The van der Waals surface area contributed by atoms with E-state index in [1.165, 1.54) is 12.8 Å². The lowest BCUT2D eigenvalue weighted by atomic mass is 10.1. The van der Waals surface area contributed by atoms with Crippen LogP contribution >= 0.6 is 0 Å². The minimum absolute atomic E-state index is 0.0534. The second-order valence-corrected chi connectivity index (χ2v) is 6.53. The van der Waals surface area contributed by atoms with Gasteiger partial charge in [-0.1, -0.05) is 12.5 Å². The van der Waals surface area contributed by atoms with Gasteiger partial charge in [0.05, 0.1) is 0 Å². The van der Waals surface area contributed by atoms with E-state index in [1.807, 2.05) is 40.8 Å². The number of nitrogens with one attached hydrogen (secondary N) is 2. The van der Waals surface area contributed by atoms with E-state index in [-0.39, 0.29) is 18.0 Å². The van der Waals surface area contributed by atoms with Crippen LogP contribution in [0.5, 0.6) is 0 Å². The summed E-state index contributed by atoms with van der Waals surface area (Å²) in [5.41, 5.74) is -0.220. The number of allylic oxidation sites excluding steroid dienone is 1. The van der Waals surface area contributed by atoms with Crippen molar-refractivity contribution in [3.8, 4) is 0 Å². The largest absolute Gasteiger partial charge is 0.357 e. The standard InChI is InChI=1S/C17H34N4O/c1-7-9-10-11-12-13-21(6)16(18-8-2)19-14-15(22)20-17(3,4)5/h7H,1,8-14H2,2-6H3,(H,18,19)(H,20,22). The van der Waals surface area contributed by atoms with Crippen molar-refractivity contribution in [3.63, 3.8) is 0 Å². The van der Waals surface area contributed by atoms with Crippen molar-refractivity contribution in [2.45, 2.75) is 58.9 Å². The highest BCUT2D eigenvalue weighted by Crippen LogP contribution is 2.02. The van der Waals surface area contributed by atoms with E-state index >= 15 is 0 Å². The maximum Gasteiger partial charge on any atom is 0.242 e. The molecule has 0 saturated heterocycles. The Kier molecular flexibility index (Phi) is 10.3. The minimum atomic E-state index is -0.220. The zero-order chi connectivity index (χ0) is 17.0. The Labute approximate surface area is 136 Å². The highest BCUT2D eigenvalue weighted by Gasteiger charge is 2.13. The van der Waals surface area contributed by atoms with Crippen LogP contribution in [0.25, 0.3) is 0 Å². The monoisotopic (exact) mass is 310 g/mol. The Hall–Kier alpha value is -1.52. The molecule has 5 nitrogen and oxygen atoms in total. The molecular formula is C17H34N4O. The van der Waals surface area contributed by atoms with Crippen LogP contribution in [0.3, 0.4) is 0 Å². The molecule has 0 aliphatic heterocycles. The van der Waals surface area contributed by atoms with Crippen molar-refractivity contribution in [1.82, 2.24) is 15.5 Å². The first-order valence-corrected chi connectivity index (χ1v) is 8.21. The Morgan fingerprint density at radius 2 is 1.95 bits per heavy atom. The summed E-state index contributed by atoms with van der Waals surface area (Å²) < 4.78 is 0. The summed E-state index contributed by atoms with van der Waals surface area (Å²) in [5.74, 6) is 0.734. The molecule has 5 heteroatoms. The van der Waals surface area contributed by atoms with E-state index in [4.69, 9.17) is 0 Å². The number of hydrogen-bond acceptors (Lipinski definition) is 2. The summed E-state index contributed by atoms with van der Waals surface area (Å²) in [6.45, 7) is 13.5. The van der Waals surface area contributed by atoms with Crippen LogP contribution in [0.15, 0.2) is 17.6 Å². The summed E-state index contributed by atoms with van der Waals surface area (Å²) in [6.07, 6.45) is 6.51. The van der Waals surface area contributed by atoms with Crippen LogP contribution in [0.2, 0.25) is 0 Å². The van der Waals surface area contributed by atoms with E-state index in [1.54, 1.807) is 0 Å². The van der Waals surface area contributed by atoms with Crippen LogP contribution in [-0.2, 0) is 4.79 Å². The molecule has 0 aromatic heterocycles. The molecule has 0 aromatic carbocycles. The Morgan fingerprint density at radius 1 is 1.27 bits per heavy atom. The number of unbranched alkanes of at least 4 members (excludes halogenated alkanes) is 3. The first-order valence-electron chi connectivity index (χ1n) is 8.21. The summed E-state index contributed by atoms with van der Waals surface area (Å²) in [5, 5.41) is 6.15. The van der Waals surface area contributed by atoms with Gasteiger partial charge in [0.15, 0.2) is 5.96 Å². The quantitative estimate of drug-likeness (QED) is 0.298. The third-order valence-electron chi connectivity index (χ3n) is 2.99. The molecule has 0 bridgehead atoms. The van der Waals surface area contributed by atoms with Gasteiger partial charge in [0.25, 0.3) is 0 Å². The predicted molar refractivity (Wildman–Crippen MR) is 95.2 cm³/mol. The van der Waals surface area contributed by atoms with Gasteiger partial charge in [-0.3, -0.25) is 4.79 Å². The van der Waals surface area contributed by atoms with E-state index < -0.39 is 0 Å². The van der Waals surface area contributed by atoms with E-state index in [9.17, 15) is 4.79 Å². The zero-order valence-electron chi connectivity index (χ0n) is 15.0. The van der Waals surface area contributed by atoms with E-state index in [0.29, 0.717) is 0 Å². The molecule has 0 fully saturated rings. The number of nitrogens with zero attached hydrogens (tertiary/aromatic N) is 2. The van der Waals surface area contributed by atoms with Gasteiger partial charge in [-0.2, -0.15) is 0 Å². The smallest absolute Gasteiger partial charge is 0.242 e. The number of amides is 1. The fourth-order valence-electron chi connectivity index (χ4n) is 1.99. The Bertz CT molecular complexity index is 358. The SMILES string of the molecule is C=CCCCCCN(C)C(=NCC(=O)NC(C)(C)C)NCC. The molecule has 128 valence electrons. The normalized spacial score (nSPS) is 12.0. The third-order valence-corrected chi connectivity index (χ3v) is 2.99. The molecule has 0 aliphatic rings. The third kappa shape index (κ3) is 11.2. The summed E-state index contributed by atoms with van der Waals surface area (Å²) >= 11 is 0. The topological polar surface area (TPSA) is 56.7 Å². The molecular weight excluding hydrogens is 276 g/mol. The summed E-state index contributed by atoms with van der Waals surface area (Å²) in [7, 11) is 2.01. The maximum atomic E-state index is 11.8. The molecule has 0 rings (SSSR count). The van der Waals surface area contributed by atoms with Crippen LogP contribution < -0.4 is 10.6 Å². The average molecular weight is 310 g/mol. The number of guanidine groups is 1. The number of carbonyl (C=O) groups excluding carboxylic acids is 1. The van der Waals surface area contributed by atoms with Gasteiger partial charge in [-0.15, -0.1) is 6.58 Å². The molecule has 0 radical (unpaired) electrons. The summed E-state index contributed by atoms with van der Waals surface area (Å²) in [6, 6.07) is 0. The Morgan fingerprint density at radius 3 is 2.50 bits per heavy atom. The molecule has 0 unspecified atom stereocenters. The van der Waals surface area contributed by atoms with Crippen molar-refractivity contribution in [2.75, 3.05) is 26.7 Å². The van der Waals surface area contributed by atoms with Crippen molar-refractivity contribution in [2.24, 2.45) is 4.99 Å². The highest BCUT2D eigenvalue weighted by molar-refractivity contribution is 5.85. The molecule has 0 aliphatic carbocycles. The molecule has 2 N–H and O–H groups in total. The first-order chi connectivity index (χ1) is 10.3. The van der Waals surface area contributed by atoms with Crippen molar-refractivity contribution in [3.05, 3.63) is 12.7 Å². The fourth-order valence-corrected chi connectivity index (χ4v) is 1.99. The van der Waals surface area contributed by atoms with Crippen LogP contribution in [-0.4, -0.2) is 49.0 Å². The highest BCUT2D eigenvalue weighted by atomic mass is 16.2. The second kappa shape index (κ2) is 11.1. The van der Waals surface area contributed by atoms with Gasteiger partial charge in [0.2, 0.25) is 5.91 Å². The molecule has 0 saturated carbocycles. The molecule has 0 atom stereocenters. The number of hydrogen-bond donors (Lipinski definition) is 2. The van der Waals surface area contributed by atoms with E-state index in [2.05, 4.69) is 27.1 Å². The number of aliphatic imine (C=N–C) groups is 1. The Balaban J connectivity index is 4.34. The van der Waals surface area contributed by atoms with Gasteiger partial charge >= 0.3 is 0 Å². The predicted octanol–water partition coefficient (Wildman–Crippen LogP) is 2.54.